The SMILES string of the molecule is CC(C)(C)[C@H](c1cc(-c2cc(F)ccc2F)cn1Cc1ccccc1)N(CC[C@H](N)C(=O)NCCC(=O)NCCN1C(=O)[CH]CC1=O)C(=O)CO. The van der Waals surface area contributed by atoms with Crippen LogP contribution in [0.1, 0.15) is 57.3 Å². The zero-order chi connectivity index (χ0) is 37.3. The fraction of sp³-hybridized carbons (Fsp3) is 0.405. The maximum atomic E-state index is 15.0. The molecule has 0 spiro atoms. The third-order valence-corrected chi connectivity index (χ3v) is 8.58. The Morgan fingerprint density at radius 1 is 1.02 bits per heavy atom. The molecule has 2 atom stereocenters. The minimum Gasteiger partial charge on any atom is -0.387 e. The average molecular weight is 708 g/mol. The molecular weight excluding hydrogens is 662 g/mol. The molecule has 273 valence electrons. The van der Waals surface area contributed by atoms with E-state index in [1.165, 1.54) is 11.3 Å². The summed E-state index contributed by atoms with van der Waals surface area (Å²) in [6.07, 6.45) is 2.97. The lowest BCUT2D eigenvalue weighted by Crippen LogP contribution is -2.48. The van der Waals surface area contributed by atoms with Crippen molar-refractivity contribution in [1.29, 1.82) is 0 Å². The molecule has 5 N–H and O–H groups in total. The lowest BCUT2D eigenvalue weighted by Gasteiger charge is -2.41. The van der Waals surface area contributed by atoms with Crippen LogP contribution in [0.5, 0.6) is 0 Å². The number of imide groups is 1. The maximum Gasteiger partial charge on any atom is 0.248 e. The first kappa shape index (κ1) is 38.8. The molecule has 12 nitrogen and oxygen atoms in total. The standard InChI is InChI=1S/C37H45F2N6O6/c1-37(2,3)35(30-19-25(27-20-26(38)9-10-28(27)39)22-43(30)21-24-7-5-4-6-8-24)45(34(50)23-46)17-14-29(40)36(51)42-15-13-31(47)41-16-18-44-32(48)11-12-33(44)49/h4-11,19-20,22,29,35,46H,12-18,21,23,40H2,1-3H3,(H,41,47)(H,42,51)/t29-,35-/m0/s1. The highest BCUT2D eigenvalue weighted by molar-refractivity contribution is 6.07. The third kappa shape index (κ3) is 10.3. The molecule has 1 aliphatic rings. The number of rotatable bonds is 16. The van der Waals surface area contributed by atoms with Crippen LogP contribution in [0, 0.1) is 23.5 Å². The van der Waals surface area contributed by atoms with Crippen LogP contribution in [0.25, 0.3) is 11.1 Å². The van der Waals surface area contributed by atoms with Crippen LogP contribution in [0.15, 0.2) is 60.8 Å². The molecule has 1 radical (unpaired) electrons. The molecule has 2 heterocycles. The van der Waals surface area contributed by atoms with Gasteiger partial charge in [0.05, 0.1) is 18.5 Å². The van der Waals surface area contributed by atoms with Crippen molar-refractivity contribution in [3.8, 4) is 11.1 Å². The second kappa shape index (κ2) is 17.3. The molecule has 0 bridgehead atoms. The van der Waals surface area contributed by atoms with E-state index >= 15 is 0 Å². The van der Waals surface area contributed by atoms with Crippen LogP contribution in [0.4, 0.5) is 8.78 Å². The number of aliphatic hydroxyl groups is 1. The topological polar surface area (TPSA) is 167 Å². The van der Waals surface area contributed by atoms with Crippen LogP contribution in [-0.2, 0) is 30.5 Å². The molecular formula is C37H45F2N6O6. The number of aliphatic hydroxyl groups excluding tert-OH is 1. The zero-order valence-electron chi connectivity index (χ0n) is 29.0. The average Bonchev–Trinajstić information content (AvgIpc) is 3.64. The zero-order valence-corrected chi connectivity index (χ0v) is 29.0. The molecule has 51 heavy (non-hydrogen) atoms. The molecule has 5 amide bonds. The van der Waals surface area contributed by atoms with E-state index in [0.717, 1.165) is 28.7 Å². The van der Waals surface area contributed by atoms with Gasteiger partial charge in [-0.25, -0.2) is 8.78 Å². The summed E-state index contributed by atoms with van der Waals surface area (Å²) in [4.78, 5) is 64.3. The second-order valence-corrected chi connectivity index (χ2v) is 13.5. The number of nitrogens with zero attached hydrogens (tertiary/aromatic N) is 3. The number of halogens is 2. The van der Waals surface area contributed by atoms with Crippen molar-refractivity contribution in [2.75, 3.05) is 32.8 Å². The van der Waals surface area contributed by atoms with Gasteiger partial charge in [-0.1, -0.05) is 51.1 Å². The van der Waals surface area contributed by atoms with Crippen molar-refractivity contribution < 1.29 is 37.9 Å². The van der Waals surface area contributed by atoms with E-state index in [2.05, 4.69) is 10.6 Å². The molecule has 0 saturated carbocycles. The van der Waals surface area contributed by atoms with Crippen molar-refractivity contribution in [3.63, 3.8) is 0 Å². The predicted molar refractivity (Wildman–Crippen MR) is 185 cm³/mol. The van der Waals surface area contributed by atoms with Gasteiger partial charge in [0.2, 0.25) is 29.5 Å². The van der Waals surface area contributed by atoms with Gasteiger partial charge in [0.1, 0.15) is 18.2 Å². The number of hydrogen-bond donors (Lipinski definition) is 4. The Hall–Kier alpha value is -4.95. The normalized spacial score (nSPS) is 14.4. The highest BCUT2D eigenvalue weighted by Crippen LogP contribution is 2.41. The first-order chi connectivity index (χ1) is 24.2. The van der Waals surface area contributed by atoms with Crippen molar-refractivity contribution in [2.24, 2.45) is 11.1 Å². The van der Waals surface area contributed by atoms with Gasteiger partial charge in [-0.3, -0.25) is 28.9 Å². The highest BCUT2D eigenvalue weighted by atomic mass is 19.1. The van der Waals surface area contributed by atoms with Crippen molar-refractivity contribution >= 4 is 29.5 Å². The Bertz CT molecular complexity index is 1710. The van der Waals surface area contributed by atoms with Crippen molar-refractivity contribution in [1.82, 2.24) is 25.0 Å². The Morgan fingerprint density at radius 2 is 1.75 bits per heavy atom. The van der Waals surface area contributed by atoms with E-state index in [9.17, 15) is 37.9 Å². The van der Waals surface area contributed by atoms with Crippen LogP contribution in [0.3, 0.4) is 0 Å². The number of nitrogens with one attached hydrogen (secondary N) is 2. The minimum absolute atomic E-state index is 0.00996. The van der Waals surface area contributed by atoms with E-state index in [-0.39, 0.29) is 56.9 Å². The van der Waals surface area contributed by atoms with Crippen molar-refractivity contribution in [3.05, 3.63) is 90.1 Å². The predicted octanol–water partition coefficient (Wildman–Crippen LogP) is 2.69. The number of likely N-dealkylation sites (tertiary alicyclic amines) is 1. The minimum atomic E-state index is -1.07. The Labute approximate surface area is 296 Å². The molecule has 0 aliphatic carbocycles. The van der Waals surface area contributed by atoms with E-state index in [1.807, 2.05) is 55.7 Å². The lowest BCUT2D eigenvalue weighted by molar-refractivity contribution is -0.140. The number of carbonyl (C=O) groups excluding carboxylic acids is 5. The smallest absolute Gasteiger partial charge is 0.248 e. The Balaban J connectivity index is 1.47. The highest BCUT2D eigenvalue weighted by Gasteiger charge is 2.37. The summed E-state index contributed by atoms with van der Waals surface area (Å²) in [6.45, 7) is 5.35. The van der Waals surface area contributed by atoms with E-state index < -0.39 is 59.4 Å². The summed E-state index contributed by atoms with van der Waals surface area (Å²) >= 11 is 0. The number of carbonyl (C=O) groups is 5. The monoisotopic (exact) mass is 707 g/mol. The number of aromatic nitrogens is 1. The summed E-state index contributed by atoms with van der Waals surface area (Å²) < 4.78 is 31.1. The van der Waals surface area contributed by atoms with Crippen LogP contribution >= 0.6 is 0 Å². The third-order valence-electron chi connectivity index (χ3n) is 8.58. The van der Waals surface area contributed by atoms with Gasteiger partial charge < -0.3 is 30.9 Å². The Kier molecular flexibility index (Phi) is 13.2. The van der Waals surface area contributed by atoms with E-state index in [0.29, 0.717) is 17.8 Å². The van der Waals surface area contributed by atoms with Gasteiger partial charge in [0.25, 0.3) is 0 Å². The molecule has 1 saturated heterocycles. The first-order valence-electron chi connectivity index (χ1n) is 16.8. The van der Waals surface area contributed by atoms with Gasteiger partial charge >= 0.3 is 0 Å². The van der Waals surface area contributed by atoms with Gasteiger partial charge in [-0.05, 0) is 41.7 Å². The largest absolute Gasteiger partial charge is 0.387 e. The Morgan fingerprint density at radius 3 is 2.39 bits per heavy atom. The van der Waals surface area contributed by atoms with Gasteiger partial charge in [-0.15, -0.1) is 0 Å². The maximum absolute atomic E-state index is 15.0. The molecule has 2 aromatic carbocycles. The number of amides is 5. The quantitative estimate of drug-likeness (QED) is 0.166. The molecule has 1 aromatic heterocycles. The molecule has 1 aliphatic heterocycles. The van der Waals surface area contributed by atoms with Crippen LogP contribution in [0.2, 0.25) is 0 Å². The van der Waals surface area contributed by atoms with Gasteiger partial charge in [0.15, 0.2) is 0 Å². The fourth-order valence-corrected chi connectivity index (χ4v) is 6.09. The van der Waals surface area contributed by atoms with Gasteiger partial charge in [-0.2, -0.15) is 0 Å². The van der Waals surface area contributed by atoms with Gasteiger partial charge in [0, 0.05) is 68.6 Å². The number of hydrogen-bond acceptors (Lipinski definition) is 7. The van der Waals surface area contributed by atoms with Crippen LogP contribution in [-0.4, -0.2) is 87.8 Å². The van der Waals surface area contributed by atoms with Crippen LogP contribution < -0.4 is 16.4 Å². The molecule has 4 rings (SSSR count). The fourth-order valence-electron chi connectivity index (χ4n) is 6.09. The summed E-state index contributed by atoms with van der Waals surface area (Å²) in [6, 6.07) is 12.7. The van der Waals surface area contributed by atoms with Crippen molar-refractivity contribution in [2.45, 2.75) is 58.7 Å². The molecule has 1 fully saturated rings. The summed E-state index contributed by atoms with van der Waals surface area (Å²) in [5.41, 5.74) is 7.56. The molecule has 14 heteroatoms. The second-order valence-electron chi connectivity index (χ2n) is 13.5. The molecule has 0 unspecified atom stereocenters. The van der Waals surface area contributed by atoms with E-state index in [1.54, 1.807) is 12.3 Å². The van der Waals surface area contributed by atoms with E-state index in [4.69, 9.17) is 5.73 Å². The summed E-state index contributed by atoms with van der Waals surface area (Å²) in [7, 11) is 0. The number of nitrogens with two attached hydrogens (primary N) is 1. The first-order valence-corrected chi connectivity index (χ1v) is 16.8. The summed E-state index contributed by atoms with van der Waals surface area (Å²) in [5.74, 6) is -3.49. The lowest BCUT2D eigenvalue weighted by atomic mass is 9.82. The summed E-state index contributed by atoms with van der Waals surface area (Å²) in [5, 5.41) is 15.3. The number of benzene rings is 2. The molecule has 3 aromatic rings.